The molecule has 0 aliphatic carbocycles. The first-order valence-corrected chi connectivity index (χ1v) is 9.52. The summed E-state index contributed by atoms with van der Waals surface area (Å²) in [4.78, 5) is 12.2. The highest BCUT2D eigenvalue weighted by atomic mass is 32.2. The van der Waals surface area contributed by atoms with Crippen molar-refractivity contribution in [2.24, 2.45) is 0 Å². The van der Waals surface area contributed by atoms with Crippen LogP contribution in [0, 0.1) is 6.92 Å². The number of hydrogen-bond donors (Lipinski definition) is 1. The van der Waals surface area contributed by atoms with Crippen molar-refractivity contribution in [1.82, 2.24) is 4.31 Å². The van der Waals surface area contributed by atoms with E-state index in [9.17, 15) is 13.2 Å². The summed E-state index contributed by atoms with van der Waals surface area (Å²) in [6.45, 7) is 3.59. The standard InChI is InChI=1S/C16H20N2O4S2/c1-11-7-8-23-15(11)10-18(3)24(20,21)16-9-13(17-12(2)19)5-6-14(16)22-4/h5-9H,10H2,1-4H3,(H,17,19). The van der Waals surface area contributed by atoms with E-state index < -0.39 is 10.0 Å². The van der Waals surface area contributed by atoms with Crippen molar-refractivity contribution in [3.05, 3.63) is 40.1 Å². The average Bonchev–Trinajstić information content (AvgIpc) is 2.91. The van der Waals surface area contributed by atoms with Crippen LogP contribution in [-0.2, 0) is 21.4 Å². The smallest absolute Gasteiger partial charge is 0.246 e. The van der Waals surface area contributed by atoms with Crippen LogP contribution in [-0.4, -0.2) is 32.8 Å². The monoisotopic (exact) mass is 368 g/mol. The van der Waals surface area contributed by atoms with E-state index in [1.807, 2.05) is 18.4 Å². The normalized spacial score (nSPS) is 11.5. The van der Waals surface area contributed by atoms with Gasteiger partial charge in [0.25, 0.3) is 0 Å². The fourth-order valence-corrected chi connectivity index (χ4v) is 4.54. The van der Waals surface area contributed by atoms with Gasteiger partial charge < -0.3 is 10.1 Å². The van der Waals surface area contributed by atoms with Crippen LogP contribution in [0.4, 0.5) is 5.69 Å². The molecule has 0 fully saturated rings. The van der Waals surface area contributed by atoms with E-state index in [0.717, 1.165) is 10.4 Å². The number of nitrogens with one attached hydrogen (secondary N) is 1. The molecule has 130 valence electrons. The summed E-state index contributed by atoms with van der Waals surface area (Å²) >= 11 is 1.52. The van der Waals surface area contributed by atoms with Crippen LogP contribution >= 0.6 is 11.3 Å². The van der Waals surface area contributed by atoms with Gasteiger partial charge in [0.15, 0.2) is 0 Å². The van der Waals surface area contributed by atoms with E-state index in [0.29, 0.717) is 5.69 Å². The lowest BCUT2D eigenvalue weighted by Crippen LogP contribution is -2.27. The number of aryl methyl sites for hydroxylation is 1. The molecule has 2 aromatic rings. The van der Waals surface area contributed by atoms with E-state index in [-0.39, 0.29) is 23.1 Å². The fraction of sp³-hybridized carbons (Fsp3) is 0.312. The molecule has 0 radical (unpaired) electrons. The van der Waals surface area contributed by atoms with Crippen molar-refractivity contribution in [1.29, 1.82) is 0 Å². The first kappa shape index (κ1) is 18.4. The Kier molecular flexibility index (Phi) is 5.63. The van der Waals surface area contributed by atoms with Crippen LogP contribution in [0.25, 0.3) is 0 Å². The minimum atomic E-state index is -3.77. The van der Waals surface area contributed by atoms with Gasteiger partial charge in [-0.3, -0.25) is 4.79 Å². The minimum Gasteiger partial charge on any atom is -0.495 e. The van der Waals surface area contributed by atoms with Gasteiger partial charge in [-0.1, -0.05) is 0 Å². The Bertz CT molecular complexity index is 844. The Labute approximate surface area is 146 Å². The predicted molar refractivity (Wildman–Crippen MR) is 95.0 cm³/mol. The number of anilines is 1. The molecule has 1 heterocycles. The van der Waals surface area contributed by atoms with E-state index >= 15 is 0 Å². The first-order valence-electron chi connectivity index (χ1n) is 7.20. The van der Waals surface area contributed by atoms with Crippen molar-refractivity contribution < 1.29 is 17.9 Å². The molecule has 0 aliphatic heterocycles. The highest BCUT2D eigenvalue weighted by molar-refractivity contribution is 7.89. The molecule has 1 aromatic carbocycles. The van der Waals surface area contributed by atoms with Gasteiger partial charge in [0.05, 0.1) is 7.11 Å². The SMILES string of the molecule is COc1ccc(NC(C)=O)cc1S(=O)(=O)N(C)Cc1sccc1C. The van der Waals surface area contributed by atoms with E-state index in [2.05, 4.69) is 5.32 Å². The highest BCUT2D eigenvalue weighted by Crippen LogP contribution is 2.30. The van der Waals surface area contributed by atoms with Crippen LogP contribution in [0.5, 0.6) is 5.75 Å². The topological polar surface area (TPSA) is 75.7 Å². The van der Waals surface area contributed by atoms with Crippen molar-refractivity contribution in [2.45, 2.75) is 25.3 Å². The number of carbonyl (C=O) groups is 1. The van der Waals surface area contributed by atoms with Gasteiger partial charge in [-0.05, 0) is 42.1 Å². The number of amides is 1. The number of benzene rings is 1. The van der Waals surface area contributed by atoms with Crippen LogP contribution in [0.15, 0.2) is 34.5 Å². The molecule has 0 saturated carbocycles. The van der Waals surface area contributed by atoms with E-state index in [4.69, 9.17) is 4.74 Å². The highest BCUT2D eigenvalue weighted by Gasteiger charge is 2.26. The zero-order valence-electron chi connectivity index (χ0n) is 14.0. The molecule has 8 heteroatoms. The Hall–Kier alpha value is -1.90. The third-order valence-electron chi connectivity index (χ3n) is 3.51. The second-order valence-electron chi connectivity index (χ2n) is 5.33. The number of rotatable bonds is 6. The largest absolute Gasteiger partial charge is 0.495 e. The van der Waals surface area contributed by atoms with Gasteiger partial charge >= 0.3 is 0 Å². The molecular formula is C16H20N2O4S2. The number of thiophene rings is 1. The van der Waals surface area contributed by atoms with Crippen LogP contribution in [0.3, 0.4) is 0 Å². The number of hydrogen-bond acceptors (Lipinski definition) is 5. The molecule has 0 saturated heterocycles. The second kappa shape index (κ2) is 7.33. The lowest BCUT2D eigenvalue weighted by molar-refractivity contribution is -0.114. The van der Waals surface area contributed by atoms with Gasteiger partial charge in [0, 0.05) is 31.1 Å². The maximum absolute atomic E-state index is 12.9. The Morgan fingerprint density at radius 3 is 2.58 bits per heavy atom. The number of ether oxygens (including phenoxy) is 1. The molecule has 0 bridgehead atoms. The third-order valence-corrected chi connectivity index (χ3v) is 6.34. The summed E-state index contributed by atoms with van der Waals surface area (Å²) in [6.07, 6.45) is 0. The molecule has 0 atom stereocenters. The maximum Gasteiger partial charge on any atom is 0.246 e. The third kappa shape index (κ3) is 3.95. The molecule has 1 N–H and O–H groups in total. The van der Waals surface area contributed by atoms with Gasteiger partial charge in [-0.2, -0.15) is 4.31 Å². The van der Waals surface area contributed by atoms with Gasteiger partial charge in [0.2, 0.25) is 15.9 Å². The summed E-state index contributed by atoms with van der Waals surface area (Å²) in [5.74, 6) is -0.0371. The molecule has 6 nitrogen and oxygen atoms in total. The van der Waals surface area contributed by atoms with Crippen LogP contribution in [0.2, 0.25) is 0 Å². The fourth-order valence-electron chi connectivity index (χ4n) is 2.18. The maximum atomic E-state index is 12.9. The van der Waals surface area contributed by atoms with Crippen molar-refractivity contribution >= 4 is 33.0 Å². The first-order chi connectivity index (χ1) is 11.3. The Balaban J connectivity index is 2.39. The van der Waals surface area contributed by atoms with E-state index in [1.165, 1.54) is 48.9 Å². The van der Waals surface area contributed by atoms with Crippen LogP contribution < -0.4 is 10.1 Å². The summed E-state index contributed by atoms with van der Waals surface area (Å²) in [5.41, 5.74) is 1.46. The summed E-state index contributed by atoms with van der Waals surface area (Å²) < 4.78 is 32.3. The zero-order chi connectivity index (χ0) is 17.9. The van der Waals surface area contributed by atoms with Gasteiger partial charge in [-0.25, -0.2) is 8.42 Å². The summed E-state index contributed by atoms with van der Waals surface area (Å²) in [6, 6.07) is 6.50. The number of sulfonamides is 1. The van der Waals surface area contributed by atoms with Gasteiger partial charge in [-0.15, -0.1) is 11.3 Å². The number of carbonyl (C=O) groups excluding carboxylic acids is 1. The zero-order valence-corrected chi connectivity index (χ0v) is 15.6. The lowest BCUT2D eigenvalue weighted by atomic mass is 10.3. The number of methoxy groups -OCH3 is 1. The summed E-state index contributed by atoms with van der Waals surface area (Å²) in [5, 5.41) is 4.52. The summed E-state index contributed by atoms with van der Waals surface area (Å²) in [7, 11) is -0.830. The predicted octanol–water partition coefficient (Wildman–Crippen LogP) is 2.84. The Morgan fingerprint density at radius 1 is 1.33 bits per heavy atom. The molecule has 0 spiro atoms. The molecule has 1 amide bonds. The average molecular weight is 368 g/mol. The van der Waals surface area contributed by atoms with Gasteiger partial charge in [0.1, 0.15) is 10.6 Å². The second-order valence-corrected chi connectivity index (χ2v) is 8.35. The minimum absolute atomic E-state index is 0.0213. The van der Waals surface area contributed by atoms with Crippen molar-refractivity contribution in [2.75, 3.05) is 19.5 Å². The molecule has 24 heavy (non-hydrogen) atoms. The van der Waals surface area contributed by atoms with E-state index in [1.54, 1.807) is 6.07 Å². The molecule has 1 aromatic heterocycles. The molecule has 2 rings (SSSR count). The molecule has 0 unspecified atom stereocenters. The Morgan fingerprint density at radius 2 is 2.04 bits per heavy atom. The number of nitrogens with zero attached hydrogens (tertiary/aromatic N) is 1. The quantitative estimate of drug-likeness (QED) is 0.851. The molecule has 0 aliphatic rings. The lowest BCUT2D eigenvalue weighted by Gasteiger charge is -2.19. The van der Waals surface area contributed by atoms with Crippen molar-refractivity contribution in [3.63, 3.8) is 0 Å². The molecular weight excluding hydrogens is 348 g/mol. The van der Waals surface area contributed by atoms with Crippen LogP contribution in [0.1, 0.15) is 17.4 Å². The van der Waals surface area contributed by atoms with Crippen molar-refractivity contribution in [3.8, 4) is 5.75 Å².